The summed E-state index contributed by atoms with van der Waals surface area (Å²) >= 11 is 5.79. The van der Waals surface area contributed by atoms with Gasteiger partial charge in [-0.1, -0.05) is 59.8 Å². The van der Waals surface area contributed by atoms with Crippen LogP contribution < -0.4 is 0 Å². The fraction of sp³-hybridized carbons (Fsp3) is 0.941. The predicted octanol–water partition coefficient (Wildman–Crippen LogP) is 5.10. The van der Waals surface area contributed by atoms with E-state index < -0.39 is 0 Å². The van der Waals surface area contributed by atoms with Gasteiger partial charge in [0.15, 0.2) is 0 Å². The van der Waals surface area contributed by atoms with Crippen LogP contribution in [0.3, 0.4) is 0 Å². The molecule has 1 amide bonds. The second kappa shape index (κ2) is 12.5. The zero-order valence-corrected chi connectivity index (χ0v) is 14.7. The second-order valence-corrected chi connectivity index (χ2v) is 6.18. The highest BCUT2D eigenvalue weighted by Crippen LogP contribution is 2.18. The Morgan fingerprint density at radius 2 is 1.50 bits per heavy atom. The van der Waals surface area contributed by atoms with Crippen molar-refractivity contribution in [2.45, 2.75) is 72.6 Å². The molecule has 0 N–H and O–H groups in total. The lowest BCUT2D eigenvalue weighted by atomic mass is 9.96. The summed E-state index contributed by atoms with van der Waals surface area (Å²) in [5, 5.41) is 0. The Hall–Kier alpha value is -0.240. The molecular formula is C17H34ClNO. The largest absolute Gasteiger partial charge is 0.341 e. The number of hydrogen-bond donors (Lipinski definition) is 0. The fourth-order valence-corrected chi connectivity index (χ4v) is 2.91. The number of carbonyl (C=O) groups excluding carboxylic acids is 1. The summed E-state index contributed by atoms with van der Waals surface area (Å²) in [7, 11) is 0. The molecule has 0 rings (SSSR count). The molecule has 0 spiro atoms. The van der Waals surface area contributed by atoms with E-state index in [9.17, 15) is 4.79 Å². The number of unbranched alkanes of at least 4 members (excludes halogenated alkanes) is 1. The van der Waals surface area contributed by atoms with Crippen molar-refractivity contribution in [3.63, 3.8) is 0 Å². The summed E-state index contributed by atoms with van der Waals surface area (Å²) in [6.07, 6.45) is 8.40. The van der Waals surface area contributed by atoms with E-state index in [-0.39, 0.29) is 11.8 Å². The Kier molecular flexibility index (Phi) is 12.3. The quantitative estimate of drug-likeness (QED) is 0.459. The first-order chi connectivity index (χ1) is 9.62. The molecule has 20 heavy (non-hydrogen) atoms. The summed E-state index contributed by atoms with van der Waals surface area (Å²) < 4.78 is 0. The minimum Gasteiger partial charge on any atom is -0.341 e. The molecule has 0 aliphatic carbocycles. The van der Waals surface area contributed by atoms with Gasteiger partial charge in [-0.3, -0.25) is 4.79 Å². The minimum atomic E-state index is 0.108. The van der Waals surface area contributed by atoms with Gasteiger partial charge in [0.05, 0.1) is 0 Å². The first-order valence-electron chi connectivity index (χ1n) is 8.46. The smallest absolute Gasteiger partial charge is 0.237 e. The molecule has 0 aromatic carbocycles. The van der Waals surface area contributed by atoms with Crippen LogP contribution in [-0.4, -0.2) is 29.8 Å². The lowest BCUT2D eigenvalue weighted by Crippen LogP contribution is -2.39. The van der Waals surface area contributed by atoms with Gasteiger partial charge in [0.1, 0.15) is 5.88 Å². The molecule has 2 unspecified atom stereocenters. The van der Waals surface area contributed by atoms with Gasteiger partial charge in [-0.05, 0) is 24.7 Å². The third kappa shape index (κ3) is 8.14. The number of rotatable bonds is 12. The number of halogens is 1. The standard InChI is InChI=1S/C17H34ClNO/c1-5-9-11-16(8-4)14-19(17(20)12-18)13-15(7-3)10-6-2/h15-16H,5-14H2,1-4H3. The fourth-order valence-electron chi connectivity index (χ4n) is 2.74. The van der Waals surface area contributed by atoms with Crippen molar-refractivity contribution in [1.29, 1.82) is 0 Å². The van der Waals surface area contributed by atoms with Gasteiger partial charge >= 0.3 is 0 Å². The van der Waals surface area contributed by atoms with Crippen LogP contribution in [-0.2, 0) is 4.79 Å². The first kappa shape index (κ1) is 19.8. The SMILES string of the molecule is CCCCC(CC)CN(CC(CC)CCC)C(=O)CCl. The third-order valence-corrected chi connectivity index (χ3v) is 4.47. The zero-order chi connectivity index (χ0) is 15.4. The maximum absolute atomic E-state index is 12.1. The molecule has 0 heterocycles. The highest BCUT2D eigenvalue weighted by Gasteiger charge is 2.20. The molecule has 0 aliphatic heterocycles. The Bertz CT molecular complexity index is 245. The molecule has 0 saturated carbocycles. The van der Waals surface area contributed by atoms with Crippen molar-refractivity contribution in [1.82, 2.24) is 4.90 Å². The minimum absolute atomic E-state index is 0.108. The highest BCUT2D eigenvalue weighted by atomic mass is 35.5. The molecule has 0 aromatic rings. The summed E-state index contributed by atoms with van der Waals surface area (Å²) in [5.41, 5.74) is 0. The lowest BCUT2D eigenvalue weighted by molar-refractivity contribution is -0.130. The highest BCUT2D eigenvalue weighted by molar-refractivity contribution is 6.27. The molecule has 0 aliphatic rings. The lowest BCUT2D eigenvalue weighted by Gasteiger charge is -2.30. The number of carbonyl (C=O) groups is 1. The van der Waals surface area contributed by atoms with Crippen LogP contribution in [0.1, 0.15) is 72.6 Å². The zero-order valence-electron chi connectivity index (χ0n) is 14.0. The van der Waals surface area contributed by atoms with Crippen molar-refractivity contribution in [2.75, 3.05) is 19.0 Å². The van der Waals surface area contributed by atoms with E-state index in [1.54, 1.807) is 0 Å². The number of alkyl halides is 1. The molecule has 120 valence electrons. The normalized spacial score (nSPS) is 14.1. The maximum atomic E-state index is 12.1. The molecule has 0 radical (unpaired) electrons. The molecule has 2 nitrogen and oxygen atoms in total. The van der Waals surface area contributed by atoms with Gasteiger partial charge < -0.3 is 4.90 Å². The summed E-state index contributed by atoms with van der Waals surface area (Å²) in [6, 6.07) is 0. The Labute approximate surface area is 131 Å². The maximum Gasteiger partial charge on any atom is 0.237 e. The van der Waals surface area contributed by atoms with Crippen LogP contribution >= 0.6 is 11.6 Å². The molecule has 2 atom stereocenters. The summed E-state index contributed by atoms with van der Waals surface area (Å²) in [5.74, 6) is 1.47. The third-order valence-electron chi connectivity index (χ3n) is 4.24. The summed E-state index contributed by atoms with van der Waals surface area (Å²) in [6.45, 7) is 10.7. The van der Waals surface area contributed by atoms with Crippen LogP contribution in [0.5, 0.6) is 0 Å². The topological polar surface area (TPSA) is 20.3 Å². The number of amides is 1. The van der Waals surface area contributed by atoms with E-state index >= 15 is 0 Å². The summed E-state index contributed by atoms with van der Waals surface area (Å²) in [4.78, 5) is 14.1. The second-order valence-electron chi connectivity index (χ2n) is 5.91. The first-order valence-corrected chi connectivity index (χ1v) is 8.99. The molecule has 0 fully saturated rings. The van der Waals surface area contributed by atoms with Crippen LogP contribution in [0.2, 0.25) is 0 Å². The van der Waals surface area contributed by atoms with E-state index in [0.29, 0.717) is 11.8 Å². The van der Waals surface area contributed by atoms with Gasteiger partial charge in [0.2, 0.25) is 5.91 Å². The number of nitrogens with zero attached hydrogens (tertiary/aromatic N) is 1. The Morgan fingerprint density at radius 3 is 1.90 bits per heavy atom. The molecule has 3 heteroatoms. The van der Waals surface area contributed by atoms with Crippen LogP contribution in [0.25, 0.3) is 0 Å². The van der Waals surface area contributed by atoms with E-state index in [4.69, 9.17) is 11.6 Å². The Balaban J connectivity index is 4.56. The van der Waals surface area contributed by atoms with E-state index in [1.165, 1.54) is 32.1 Å². The van der Waals surface area contributed by atoms with Crippen LogP contribution in [0.4, 0.5) is 0 Å². The van der Waals surface area contributed by atoms with Gasteiger partial charge in [0, 0.05) is 13.1 Å². The monoisotopic (exact) mass is 303 g/mol. The van der Waals surface area contributed by atoms with Gasteiger partial charge in [-0.15, -0.1) is 11.6 Å². The average molecular weight is 304 g/mol. The van der Waals surface area contributed by atoms with Crippen molar-refractivity contribution in [3.8, 4) is 0 Å². The molecule has 0 bridgehead atoms. The molecule has 0 saturated heterocycles. The van der Waals surface area contributed by atoms with E-state index in [1.807, 2.05) is 4.90 Å². The average Bonchev–Trinajstić information content (AvgIpc) is 2.48. The van der Waals surface area contributed by atoms with Crippen LogP contribution in [0.15, 0.2) is 0 Å². The van der Waals surface area contributed by atoms with Crippen molar-refractivity contribution < 1.29 is 4.79 Å². The van der Waals surface area contributed by atoms with Crippen molar-refractivity contribution in [3.05, 3.63) is 0 Å². The predicted molar refractivity (Wildman–Crippen MR) is 89.3 cm³/mol. The molecular weight excluding hydrogens is 270 g/mol. The Morgan fingerprint density at radius 1 is 0.950 bits per heavy atom. The van der Waals surface area contributed by atoms with Crippen molar-refractivity contribution in [2.24, 2.45) is 11.8 Å². The van der Waals surface area contributed by atoms with E-state index in [2.05, 4.69) is 27.7 Å². The van der Waals surface area contributed by atoms with Gasteiger partial charge in [0.25, 0.3) is 0 Å². The van der Waals surface area contributed by atoms with Gasteiger partial charge in [-0.2, -0.15) is 0 Å². The molecule has 0 aromatic heterocycles. The number of hydrogen-bond acceptors (Lipinski definition) is 1. The van der Waals surface area contributed by atoms with E-state index in [0.717, 1.165) is 25.9 Å². The van der Waals surface area contributed by atoms with Crippen LogP contribution in [0, 0.1) is 11.8 Å². The van der Waals surface area contributed by atoms with Gasteiger partial charge in [-0.25, -0.2) is 0 Å². The van der Waals surface area contributed by atoms with Crippen molar-refractivity contribution >= 4 is 17.5 Å².